The van der Waals surface area contributed by atoms with Crippen molar-refractivity contribution in [3.63, 3.8) is 0 Å². The van der Waals surface area contributed by atoms with Crippen molar-refractivity contribution in [3.8, 4) is 33.8 Å². The fraction of sp³-hybridized carbons (Fsp3) is 0.132. The Labute approximate surface area is 273 Å². The zero-order chi connectivity index (χ0) is 31.8. The standard InChI is InChI=1S/C38H32Cl2O5/c1-3-43-36(23-44-34-20-21-35(25(2)22-34)45-24-37(41)42)38(30-8-4-26(5-9-30)28-12-16-32(39)17-13-28)31-10-6-27(7-11-31)29-14-18-33(40)19-15-29/h4-22H,3,23-24H2,1-2H3,(H,41,42). The van der Waals surface area contributed by atoms with Gasteiger partial charge in [-0.05, 0) is 95.3 Å². The number of aliphatic carboxylic acids is 1. The van der Waals surface area contributed by atoms with Crippen LogP contribution in [0, 0.1) is 6.92 Å². The number of rotatable bonds is 12. The summed E-state index contributed by atoms with van der Waals surface area (Å²) in [6, 6.07) is 37.5. The Morgan fingerprint density at radius 3 is 1.53 bits per heavy atom. The van der Waals surface area contributed by atoms with E-state index in [1.165, 1.54) is 0 Å². The summed E-state index contributed by atoms with van der Waals surface area (Å²) in [6.07, 6.45) is 0. The molecule has 0 atom stereocenters. The van der Waals surface area contributed by atoms with Gasteiger partial charge in [-0.3, -0.25) is 0 Å². The van der Waals surface area contributed by atoms with Gasteiger partial charge in [-0.15, -0.1) is 0 Å². The van der Waals surface area contributed by atoms with Crippen LogP contribution in [0.1, 0.15) is 23.6 Å². The number of carbonyl (C=O) groups is 1. The zero-order valence-electron chi connectivity index (χ0n) is 24.9. The van der Waals surface area contributed by atoms with Gasteiger partial charge in [0.25, 0.3) is 0 Å². The number of benzene rings is 5. The number of hydrogen-bond donors (Lipinski definition) is 1. The molecule has 0 heterocycles. The van der Waals surface area contributed by atoms with Gasteiger partial charge in [0, 0.05) is 15.6 Å². The van der Waals surface area contributed by atoms with Crippen LogP contribution in [0.25, 0.3) is 27.8 Å². The number of hydrogen-bond acceptors (Lipinski definition) is 4. The summed E-state index contributed by atoms with van der Waals surface area (Å²) >= 11 is 12.2. The van der Waals surface area contributed by atoms with Crippen molar-refractivity contribution < 1.29 is 24.1 Å². The highest BCUT2D eigenvalue weighted by Crippen LogP contribution is 2.33. The van der Waals surface area contributed by atoms with Gasteiger partial charge in [0.15, 0.2) is 6.61 Å². The summed E-state index contributed by atoms with van der Waals surface area (Å²) in [5.74, 6) is 0.756. The Morgan fingerprint density at radius 1 is 0.644 bits per heavy atom. The fourth-order valence-corrected chi connectivity index (χ4v) is 5.21. The van der Waals surface area contributed by atoms with Crippen LogP contribution < -0.4 is 9.47 Å². The van der Waals surface area contributed by atoms with Gasteiger partial charge in [-0.25, -0.2) is 4.79 Å². The molecule has 228 valence electrons. The van der Waals surface area contributed by atoms with Crippen LogP contribution in [-0.2, 0) is 9.53 Å². The molecule has 1 N–H and O–H groups in total. The quantitative estimate of drug-likeness (QED) is 0.138. The predicted molar refractivity (Wildman–Crippen MR) is 181 cm³/mol. The van der Waals surface area contributed by atoms with Crippen molar-refractivity contribution >= 4 is 34.7 Å². The summed E-state index contributed by atoms with van der Waals surface area (Å²) in [5, 5.41) is 10.3. The molecule has 0 aliphatic carbocycles. The van der Waals surface area contributed by atoms with Gasteiger partial charge < -0.3 is 19.3 Å². The lowest BCUT2D eigenvalue weighted by molar-refractivity contribution is -0.139. The lowest BCUT2D eigenvalue weighted by Gasteiger charge is -2.19. The third-order valence-corrected chi connectivity index (χ3v) is 7.67. The van der Waals surface area contributed by atoms with E-state index in [0.29, 0.717) is 33.9 Å². The monoisotopic (exact) mass is 638 g/mol. The maximum Gasteiger partial charge on any atom is 0.341 e. The molecule has 45 heavy (non-hydrogen) atoms. The molecule has 0 radical (unpaired) electrons. The topological polar surface area (TPSA) is 65.0 Å². The number of halogens is 2. The van der Waals surface area contributed by atoms with Crippen LogP contribution in [0.3, 0.4) is 0 Å². The van der Waals surface area contributed by atoms with Crippen LogP contribution in [0.5, 0.6) is 11.5 Å². The normalized spacial score (nSPS) is 10.7. The zero-order valence-corrected chi connectivity index (χ0v) is 26.4. The van der Waals surface area contributed by atoms with E-state index in [1.807, 2.05) is 68.4 Å². The highest BCUT2D eigenvalue weighted by molar-refractivity contribution is 6.30. The van der Waals surface area contributed by atoms with Crippen molar-refractivity contribution in [3.05, 3.63) is 148 Å². The number of aryl methyl sites for hydroxylation is 1. The van der Waals surface area contributed by atoms with E-state index in [0.717, 1.165) is 44.5 Å². The summed E-state index contributed by atoms with van der Waals surface area (Å²) in [5.41, 5.74) is 7.93. The van der Waals surface area contributed by atoms with Gasteiger partial charge in [-0.2, -0.15) is 0 Å². The average molecular weight is 640 g/mol. The molecule has 0 aliphatic rings. The van der Waals surface area contributed by atoms with Crippen molar-refractivity contribution in [1.82, 2.24) is 0 Å². The third-order valence-electron chi connectivity index (χ3n) is 7.17. The van der Waals surface area contributed by atoms with Gasteiger partial charge >= 0.3 is 5.97 Å². The Kier molecular flexibility index (Phi) is 10.5. The largest absolute Gasteiger partial charge is 0.494 e. The highest BCUT2D eigenvalue weighted by atomic mass is 35.5. The molecule has 0 saturated carbocycles. The average Bonchev–Trinajstić information content (AvgIpc) is 3.05. The SMILES string of the molecule is CCOC(COc1ccc(OCC(=O)O)c(C)c1)=C(c1ccc(-c2ccc(Cl)cc2)cc1)c1ccc(-c2ccc(Cl)cc2)cc1. The van der Waals surface area contributed by atoms with Crippen molar-refractivity contribution in [1.29, 1.82) is 0 Å². The first-order chi connectivity index (χ1) is 21.8. The lowest BCUT2D eigenvalue weighted by Crippen LogP contribution is -2.11. The van der Waals surface area contributed by atoms with Crippen molar-refractivity contribution in [2.75, 3.05) is 19.8 Å². The molecule has 0 unspecified atom stereocenters. The minimum absolute atomic E-state index is 0.176. The second kappa shape index (κ2) is 14.8. The second-order valence-electron chi connectivity index (χ2n) is 10.3. The molecule has 0 spiro atoms. The molecule has 0 bridgehead atoms. The van der Waals surface area contributed by atoms with Gasteiger partial charge in [0.2, 0.25) is 0 Å². The first kappa shape index (κ1) is 31.7. The summed E-state index contributed by atoms with van der Waals surface area (Å²) in [7, 11) is 0. The number of carboxylic acid groups (broad SMARTS) is 1. The van der Waals surface area contributed by atoms with Crippen LogP contribution in [-0.4, -0.2) is 30.9 Å². The molecule has 0 fully saturated rings. The minimum Gasteiger partial charge on any atom is -0.494 e. The smallest absolute Gasteiger partial charge is 0.341 e. The molecule has 0 amide bonds. The Balaban J connectivity index is 1.50. The first-order valence-electron chi connectivity index (χ1n) is 14.5. The minimum atomic E-state index is -1.03. The van der Waals surface area contributed by atoms with Crippen LogP contribution in [0.15, 0.2) is 121 Å². The van der Waals surface area contributed by atoms with Gasteiger partial charge in [-0.1, -0.05) is 96.0 Å². The summed E-state index contributed by atoms with van der Waals surface area (Å²) in [6.45, 7) is 4.02. The molecule has 0 aromatic heterocycles. The fourth-order valence-electron chi connectivity index (χ4n) is 4.95. The first-order valence-corrected chi connectivity index (χ1v) is 15.2. The summed E-state index contributed by atoms with van der Waals surface area (Å²) in [4.78, 5) is 10.9. The summed E-state index contributed by atoms with van der Waals surface area (Å²) < 4.78 is 17.8. The number of carboxylic acids is 1. The number of ether oxygens (including phenoxy) is 3. The molecule has 5 rings (SSSR count). The van der Waals surface area contributed by atoms with E-state index in [4.69, 9.17) is 42.5 Å². The Hall–Kier alpha value is -4.71. The molecular formula is C38H32Cl2O5. The molecule has 0 saturated heterocycles. The predicted octanol–water partition coefficient (Wildman–Crippen LogP) is 9.97. The van der Waals surface area contributed by atoms with Crippen LogP contribution in [0.2, 0.25) is 10.0 Å². The molecule has 7 heteroatoms. The van der Waals surface area contributed by atoms with Crippen molar-refractivity contribution in [2.24, 2.45) is 0 Å². The van der Waals surface area contributed by atoms with Gasteiger partial charge in [0.1, 0.15) is 23.9 Å². The molecule has 5 nitrogen and oxygen atoms in total. The Morgan fingerprint density at radius 2 is 1.11 bits per heavy atom. The van der Waals surface area contributed by atoms with E-state index >= 15 is 0 Å². The van der Waals surface area contributed by atoms with Crippen LogP contribution >= 0.6 is 23.2 Å². The molecule has 5 aromatic rings. The van der Waals surface area contributed by atoms with Gasteiger partial charge in [0.05, 0.1) is 6.61 Å². The van der Waals surface area contributed by atoms with E-state index < -0.39 is 12.6 Å². The van der Waals surface area contributed by atoms with Crippen LogP contribution in [0.4, 0.5) is 0 Å². The molecule has 0 aliphatic heterocycles. The third kappa shape index (κ3) is 8.27. The maximum absolute atomic E-state index is 10.9. The highest BCUT2D eigenvalue weighted by Gasteiger charge is 2.16. The second-order valence-corrected chi connectivity index (χ2v) is 11.2. The molecule has 5 aromatic carbocycles. The van der Waals surface area contributed by atoms with E-state index in [2.05, 4.69) is 48.5 Å². The molecular weight excluding hydrogens is 607 g/mol. The lowest BCUT2D eigenvalue weighted by atomic mass is 9.93. The van der Waals surface area contributed by atoms with E-state index in [-0.39, 0.29) is 6.61 Å². The van der Waals surface area contributed by atoms with E-state index in [9.17, 15) is 4.79 Å². The van der Waals surface area contributed by atoms with Crippen molar-refractivity contribution in [2.45, 2.75) is 13.8 Å². The van der Waals surface area contributed by atoms with E-state index in [1.54, 1.807) is 12.1 Å². The Bertz CT molecular complexity index is 1690. The maximum atomic E-state index is 10.9.